The highest BCUT2D eigenvalue weighted by atomic mass is 35.5. The van der Waals surface area contributed by atoms with Crippen molar-refractivity contribution in [1.29, 1.82) is 0 Å². The van der Waals surface area contributed by atoms with Crippen molar-refractivity contribution in [2.75, 3.05) is 18.8 Å². The van der Waals surface area contributed by atoms with Gasteiger partial charge in [0.05, 0.1) is 5.75 Å². The number of halogens is 1. The molecule has 1 aromatic carbocycles. The number of rotatable bonds is 9. The summed E-state index contributed by atoms with van der Waals surface area (Å²) in [4.78, 5) is 0. The van der Waals surface area contributed by atoms with E-state index in [-0.39, 0.29) is 12.3 Å². The van der Waals surface area contributed by atoms with Crippen LogP contribution >= 0.6 is 11.6 Å². The highest BCUT2D eigenvalue weighted by Gasteiger charge is 2.09. The van der Waals surface area contributed by atoms with Gasteiger partial charge in [-0.25, -0.2) is 13.1 Å². The third-order valence-electron chi connectivity index (χ3n) is 2.65. The van der Waals surface area contributed by atoms with Gasteiger partial charge in [-0.3, -0.25) is 0 Å². The van der Waals surface area contributed by atoms with E-state index >= 15 is 0 Å². The first kappa shape index (κ1) is 16.4. The lowest BCUT2D eigenvalue weighted by atomic mass is 10.2. The minimum absolute atomic E-state index is 0.166. The molecule has 4 nitrogen and oxygen atoms in total. The topological polar surface area (TPSA) is 58.2 Å². The van der Waals surface area contributed by atoms with Crippen LogP contribution in [-0.4, -0.2) is 27.3 Å². The van der Waals surface area contributed by atoms with Crippen molar-refractivity contribution in [1.82, 2.24) is 10.0 Å². The highest BCUT2D eigenvalue weighted by Crippen LogP contribution is 2.10. The SMILES string of the molecule is CCNCCCCS(=O)(=O)NCc1cccc(Cl)c1. The molecule has 0 heterocycles. The fourth-order valence-corrected chi connectivity index (χ4v) is 2.96. The number of unbranched alkanes of at least 4 members (excludes halogenated alkanes) is 1. The van der Waals surface area contributed by atoms with Crippen molar-refractivity contribution < 1.29 is 8.42 Å². The third kappa shape index (κ3) is 7.52. The summed E-state index contributed by atoms with van der Waals surface area (Å²) in [6.07, 6.45) is 1.53. The van der Waals surface area contributed by atoms with Crippen LogP contribution in [0.5, 0.6) is 0 Å². The zero-order chi connectivity index (χ0) is 14.1. The average Bonchev–Trinajstić information content (AvgIpc) is 2.36. The Morgan fingerprint density at radius 2 is 2.05 bits per heavy atom. The molecule has 6 heteroatoms. The van der Waals surface area contributed by atoms with E-state index in [9.17, 15) is 8.42 Å². The third-order valence-corrected chi connectivity index (χ3v) is 4.30. The molecule has 2 N–H and O–H groups in total. The van der Waals surface area contributed by atoms with Gasteiger partial charge in [-0.15, -0.1) is 0 Å². The van der Waals surface area contributed by atoms with Crippen molar-refractivity contribution in [3.63, 3.8) is 0 Å². The van der Waals surface area contributed by atoms with Crippen molar-refractivity contribution in [2.24, 2.45) is 0 Å². The number of hydrogen-bond donors (Lipinski definition) is 2. The lowest BCUT2D eigenvalue weighted by Gasteiger charge is -2.07. The first-order valence-electron chi connectivity index (χ1n) is 6.46. The number of hydrogen-bond acceptors (Lipinski definition) is 3. The van der Waals surface area contributed by atoms with Crippen molar-refractivity contribution in [3.8, 4) is 0 Å². The van der Waals surface area contributed by atoms with E-state index in [2.05, 4.69) is 10.0 Å². The predicted molar refractivity (Wildman–Crippen MR) is 79.9 cm³/mol. The van der Waals surface area contributed by atoms with E-state index in [0.29, 0.717) is 11.4 Å². The van der Waals surface area contributed by atoms with Gasteiger partial charge >= 0.3 is 0 Å². The van der Waals surface area contributed by atoms with E-state index in [4.69, 9.17) is 11.6 Å². The molecule has 0 bridgehead atoms. The molecule has 0 saturated heterocycles. The molecule has 0 aliphatic carbocycles. The molecule has 0 amide bonds. The molecule has 108 valence electrons. The molecule has 0 unspecified atom stereocenters. The summed E-state index contributed by atoms with van der Waals surface area (Å²) in [5, 5.41) is 3.78. The smallest absolute Gasteiger partial charge is 0.211 e. The van der Waals surface area contributed by atoms with Crippen molar-refractivity contribution in [3.05, 3.63) is 34.9 Å². The van der Waals surface area contributed by atoms with Gasteiger partial charge in [0.1, 0.15) is 0 Å². The molecule has 1 aromatic rings. The summed E-state index contributed by atoms with van der Waals surface area (Å²) in [5.74, 6) is 0.166. The minimum atomic E-state index is -3.20. The molecular formula is C13H21ClN2O2S. The fourth-order valence-electron chi connectivity index (χ4n) is 1.63. The van der Waals surface area contributed by atoms with Gasteiger partial charge in [0, 0.05) is 11.6 Å². The van der Waals surface area contributed by atoms with E-state index < -0.39 is 10.0 Å². The van der Waals surface area contributed by atoms with Crippen molar-refractivity contribution >= 4 is 21.6 Å². The summed E-state index contributed by atoms with van der Waals surface area (Å²) < 4.78 is 26.1. The van der Waals surface area contributed by atoms with Crippen LogP contribution in [0.1, 0.15) is 25.3 Å². The van der Waals surface area contributed by atoms with Gasteiger partial charge in [0.2, 0.25) is 10.0 Å². The fraction of sp³-hybridized carbons (Fsp3) is 0.538. The molecule has 0 aliphatic heterocycles. The lowest BCUT2D eigenvalue weighted by molar-refractivity contribution is 0.574. The van der Waals surface area contributed by atoms with Crippen molar-refractivity contribution in [2.45, 2.75) is 26.3 Å². The summed E-state index contributed by atoms with van der Waals surface area (Å²) in [6.45, 7) is 4.10. The number of benzene rings is 1. The molecule has 0 radical (unpaired) electrons. The van der Waals surface area contributed by atoms with E-state index in [1.54, 1.807) is 12.1 Å². The van der Waals surface area contributed by atoms with E-state index in [0.717, 1.165) is 25.1 Å². The van der Waals surface area contributed by atoms with Gasteiger partial charge in [-0.1, -0.05) is 30.7 Å². The second kappa shape index (κ2) is 8.53. The van der Waals surface area contributed by atoms with E-state index in [1.165, 1.54) is 0 Å². The van der Waals surface area contributed by atoms with Crippen LogP contribution in [0.25, 0.3) is 0 Å². The van der Waals surface area contributed by atoms with Gasteiger partial charge in [-0.05, 0) is 43.6 Å². The van der Waals surface area contributed by atoms with Crippen LogP contribution in [-0.2, 0) is 16.6 Å². The Bertz CT molecular complexity index is 477. The van der Waals surface area contributed by atoms with Gasteiger partial charge in [0.15, 0.2) is 0 Å². The Kier molecular flexibility index (Phi) is 7.38. The number of nitrogens with one attached hydrogen (secondary N) is 2. The second-order valence-electron chi connectivity index (χ2n) is 4.33. The molecule has 0 aliphatic rings. The van der Waals surface area contributed by atoms with Gasteiger partial charge in [0.25, 0.3) is 0 Å². The average molecular weight is 305 g/mol. The molecule has 0 fully saturated rings. The minimum Gasteiger partial charge on any atom is -0.317 e. The van der Waals surface area contributed by atoms with Crippen LogP contribution < -0.4 is 10.0 Å². The standard InChI is InChI=1S/C13H21ClN2O2S/c1-2-15-8-3-4-9-19(17,18)16-11-12-6-5-7-13(14)10-12/h5-7,10,15-16H,2-4,8-9,11H2,1H3. The molecule has 0 saturated carbocycles. The molecular weight excluding hydrogens is 284 g/mol. The normalized spacial score (nSPS) is 11.7. The van der Waals surface area contributed by atoms with Gasteiger partial charge < -0.3 is 5.32 Å². The molecule has 19 heavy (non-hydrogen) atoms. The summed E-state index contributed by atoms with van der Waals surface area (Å²) in [6, 6.07) is 7.18. The quantitative estimate of drug-likeness (QED) is 0.687. The van der Waals surface area contributed by atoms with Crippen LogP contribution in [0.3, 0.4) is 0 Å². The Morgan fingerprint density at radius 1 is 1.26 bits per heavy atom. The molecule has 0 aromatic heterocycles. The molecule has 0 atom stereocenters. The first-order valence-corrected chi connectivity index (χ1v) is 8.49. The number of sulfonamides is 1. The first-order chi connectivity index (χ1) is 9.03. The Morgan fingerprint density at radius 3 is 2.74 bits per heavy atom. The maximum atomic E-state index is 11.8. The maximum Gasteiger partial charge on any atom is 0.211 e. The Labute approximate surface area is 120 Å². The Balaban J connectivity index is 2.30. The zero-order valence-corrected chi connectivity index (χ0v) is 12.7. The summed E-state index contributed by atoms with van der Waals surface area (Å²) in [7, 11) is -3.20. The largest absolute Gasteiger partial charge is 0.317 e. The van der Waals surface area contributed by atoms with E-state index in [1.807, 2.05) is 19.1 Å². The zero-order valence-electron chi connectivity index (χ0n) is 11.2. The molecule has 0 spiro atoms. The molecule has 1 rings (SSSR count). The van der Waals surface area contributed by atoms with Crippen LogP contribution in [0, 0.1) is 0 Å². The predicted octanol–water partition coefficient (Wildman–Crippen LogP) is 2.15. The lowest BCUT2D eigenvalue weighted by Crippen LogP contribution is -2.26. The van der Waals surface area contributed by atoms with Gasteiger partial charge in [-0.2, -0.15) is 0 Å². The summed E-state index contributed by atoms with van der Waals surface area (Å²) in [5.41, 5.74) is 0.865. The Hall–Kier alpha value is -0.620. The summed E-state index contributed by atoms with van der Waals surface area (Å²) >= 11 is 5.84. The van der Waals surface area contributed by atoms with Crippen LogP contribution in [0.2, 0.25) is 5.02 Å². The van der Waals surface area contributed by atoms with Crippen LogP contribution in [0.4, 0.5) is 0 Å². The monoisotopic (exact) mass is 304 g/mol. The van der Waals surface area contributed by atoms with Crippen LogP contribution in [0.15, 0.2) is 24.3 Å². The second-order valence-corrected chi connectivity index (χ2v) is 6.69. The maximum absolute atomic E-state index is 11.8. The highest BCUT2D eigenvalue weighted by molar-refractivity contribution is 7.89.